The maximum Gasteiger partial charge on any atom is 0.248 e. The number of nitrogens with one attached hydrogen (secondary N) is 2. The van der Waals surface area contributed by atoms with E-state index in [-0.39, 0.29) is 28.4 Å². The van der Waals surface area contributed by atoms with Gasteiger partial charge in [0.1, 0.15) is 5.75 Å². The highest BCUT2D eigenvalue weighted by molar-refractivity contribution is 6.74. The lowest BCUT2D eigenvalue weighted by atomic mass is 10.0. The minimum absolute atomic E-state index is 0.00111. The second-order valence-corrected chi connectivity index (χ2v) is 22.0. The highest BCUT2D eigenvalue weighted by Crippen LogP contribution is 2.41. The first kappa shape index (κ1) is 38.7. The first-order valence-corrected chi connectivity index (χ1v) is 22.7. The number of hydrogen-bond donors (Lipinski definition) is 3. The number of H-pyrrole nitrogens is 1. The highest BCUT2D eigenvalue weighted by atomic mass is 28.4. The van der Waals surface area contributed by atoms with E-state index in [1.807, 2.05) is 11.0 Å². The van der Waals surface area contributed by atoms with Crippen LogP contribution < -0.4 is 10.9 Å². The summed E-state index contributed by atoms with van der Waals surface area (Å²) in [6, 6.07) is 15.8. The van der Waals surface area contributed by atoms with Crippen LogP contribution in [-0.2, 0) is 26.9 Å². The molecule has 0 bridgehead atoms. The zero-order valence-electron chi connectivity index (χ0n) is 32.2. The lowest BCUT2D eigenvalue weighted by molar-refractivity contribution is -0.132. The molecule has 3 aliphatic rings. The third-order valence-corrected chi connectivity index (χ3v) is 16.6. The number of aromatic hydroxyl groups is 1. The number of pyridine rings is 1. The predicted molar refractivity (Wildman–Crippen MR) is 211 cm³/mol. The summed E-state index contributed by atoms with van der Waals surface area (Å²) in [5.41, 5.74) is 3.75. The summed E-state index contributed by atoms with van der Waals surface area (Å²) in [5, 5.41) is 14.9. The minimum atomic E-state index is -2.19. The van der Waals surface area contributed by atoms with Crippen molar-refractivity contribution in [1.29, 1.82) is 0 Å². The topological polar surface area (TPSA) is 107 Å². The van der Waals surface area contributed by atoms with Gasteiger partial charge in [0.2, 0.25) is 11.5 Å². The maximum atomic E-state index is 13.4. The van der Waals surface area contributed by atoms with E-state index >= 15 is 0 Å². The number of ether oxygens (including phenoxy) is 1. The van der Waals surface area contributed by atoms with Crippen molar-refractivity contribution in [3.63, 3.8) is 0 Å². The van der Waals surface area contributed by atoms with Crippen molar-refractivity contribution in [3.05, 3.63) is 75.6 Å². The van der Waals surface area contributed by atoms with Crippen molar-refractivity contribution >= 4 is 25.1 Å². The van der Waals surface area contributed by atoms with Crippen molar-refractivity contribution < 1.29 is 19.1 Å². The van der Waals surface area contributed by atoms with Gasteiger partial charge in [0.15, 0.2) is 8.32 Å². The Hall–Kier alpha value is -3.02. The van der Waals surface area contributed by atoms with Crippen LogP contribution >= 0.6 is 0 Å². The van der Waals surface area contributed by atoms with Gasteiger partial charge in [-0.2, -0.15) is 0 Å². The van der Waals surface area contributed by atoms with Crippen LogP contribution in [0.15, 0.2) is 53.3 Å². The summed E-state index contributed by atoms with van der Waals surface area (Å²) in [4.78, 5) is 32.9. The van der Waals surface area contributed by atoms with Gasteiger partial charge in [-0.05, 0) is 96.8 Å². The molecule has 52 heavy (non-hydrogen) atoms. The van der Waals surface area contributed by atoms with Gasteiger partial charge < -0.3 is 29.5 Å². The summed E-state index contributed by atoms with van der Waals surface area (Å²) >= 11 is 0. The quantitative estimate of drug-likeness (QED) is 0.0956. The summed E-state index contributed by atoms with van der Waals surface area (Å²) in [6.45, 7) is 18.4. The number of benzene rings is 2. The van der Waals surface area contributed by atoms with Crippen LogP contribution in [0, 0.1) is 17.8 Å². The van der Waals surface area contributed by atoms with Gasteiger partial charge in [0.05, 0.1) is 31.3 Å². The molecule has 1 amide bonds. The van der Waals surface area contributed by atoms with Crippen LogP contribution in [0.3, 0.4) is 0 Å². The Morgan fingerprint density at radius 1 is 1.00 bits per heavy atom. The van der Waals surface area contributed by atoms with Gasteiger partial charge in [-0.25, -0.2) is 0 Å². The molecule has 3 aromatic rings. The van der Waals surface area contributed by atoms with Gasteiger partial charge in [-0.1, -0.05) is 57.5 Å². The number of nitrogens with zero attached hydrogens (tertiary/aromatic N) is 2. The van der Waals surface area contributed by atoms with Gasteiger partial charge in [-0.3, -0.25) is 14.5 Å². The fourth-order valence-electron chi connectivity index (χ4n) is 7.80. The van der Waals surface area contributed by atoms with Gasteiger partial charge in [-0.15, -0.1) is 0 Å². The molecule has 6 rings (SSSR count). The van der Waals surface area contributed by atoms with E-state index in [0.29, 0.717) is 50.7 Å². The van der Waals surface area contributed by atoms with Crippen LogP contribution in [0.5, 0.6) is 5.75 Å². The van der Waals surface area contributed by atoms with Crippen molar-refractivity contribution in [2.75, 3.05) is 52.5 Å². The second kappa shape index (κ2) is 17.0. The number of likely N-dealkylation sites (tertiary alicyclic amines) is 1. The van der Waals surface area contributed by atoms with E-state index in [1.165, 1.54) is 62.4 Å². The smallest absolute Gasteiger partial charge is 0.248 e. The molecule has 9 nitrogen and oxygen atoms in total. The largest absolute Gasteiger partial charge is 0.506 e. The average Bonchev–Trinajstić information content (AvgIpc) is 3.68. The van der Waals surface area contributed by atoms with E-state index < -0.39 is 8.32 Å². The molecule has 1 aliphatic heterocycles. The standard InChI is InChI=1S/C42H62N4O5Si/c1-42(2,3)52(4,5)51-38(35-15-17-37(47)41-36(35)16-18-39(48)44-41)25-43-21-22-46(27-32-13-14-32)40(49)20-24-50-23-19-30-9-11-31(12-10-30)26-45-28-33-7-6-8-34(33)29-45/h9-12,15-18,32-34,38,43,47H,6-8,13-14,19-29H2,1-5H3,(H,44,48)/t33?,34?,38-/m0/s1. The number of hydrogen-bond acceptors (Lipinski definition) is 7. The molecule has 3 atom stereocenters. The normalized spacial score (nSPS) is 20.0. The molecule has 2 unspecified atom stereocenters. The van der Waals surface area contributed by atoms with E-state index in [2.05, 4.69) is 73.3 Å². The minimum Gasteiger partial charge on any atom is -0.506 e. The lowest BCUT2D eigenvalue weighted by Crippen LogP contribution is -2.44. The van der Waals surface area contributed by atoms with E-state index in [1.54, 1.807) is 12.1 Å². The molecule has 1 aromatic heterocycles. The van der Waals surface area contributed by atoms with Gasteiger partial charge >= 0.3 is 0 Å². The zero-order valence-corrected chi connectivity index (χ0v) is 33.2. The molecule has 2 aromatic carbocycles. The van der Waals surface area contributed by atoms with Crippen LogP contribution in [0.4, 0.5) is 0 Å². The Morgan fingerprint density at radius 2 is 1.71 bits per heavy atom. The molecule has 3 N–H and O–H groups in total. The molecule has 0 radical (unpaired) electrons. The number of fused-ring (bicyclic) bond motifs is 2. The fourth-order valence-corrected chi connectivity index (χ4v) is 9.08. The molecule has 0 spiro atoms. The number of rotatable bonds is 18. The Bertz CT molecular complexity index is 1690. The fraction of sp³-hybridized carbons (Fsp3) is 0.619. The third kappa shape index (κ3) is 10.1. The van der Waals surface area contributed by atoms with Gasteiger partial charge in [0, 0.05) is 57.3 Å². The summed E-state index contributed by atoms with van der Waals surface area (Å²) in [6.07, 6.45) is 7.57. The molecule has 2 heterocycles. The van der Waals surface area contributed by atoms with Crippen molar-refractivity contribution in [2.45, 2.75) is 96.5 Å². The highest BCUT2D eigenvalue weighted by Gasteiger charge is 2.40. The zero-order chi connectivity index (χ0) is 36.9. The van der Waals surface area contributed by atoms with E-state index in [0.717, 1.165) is 42.3 Å². The summed E-state index contributed by atoms with van der Waals surface area (Å²) in [5.74, 6) is 2.64. The predicted octanol–water partition coefficient (Wildman–Crippen LogP) is 7.01. The monoisotopic (exact) mass is 730 g/mol. The first-order chi connectivity index (χ1) is 24.9. The van der Waals surface area contributed by atoms with Gasteiger partial charge in [0.25, 0.3) is 0 Å². The third-order valence-electron chi connectivity index (χ3n) is 12.1. The number of aromatic nitrogens is 1. The Labute approximate surface area is 311 Å². The Balaban J connectivity index is 0.965. The Kier molecular flexibility index (Phi) is 12.6. The number of carbonyl (C=O) groups is 1. The average molecular weight is 731 g/mol. The number of aromatic amines is 1. The SMILES string of the molecule is CC(C)(C)[Si](C)(C)O[C@@H](CNCCN(CC1CC1)C(=O)CCOCCc1ccc(CN2CC3CCCC3C2)cc1)c1ccc(O)c2[nH]c(=O)ccc12. The summed E-state index contributed by atoms with van der Waals surface area (Å²) < 4.78 is 12.9. The van der Waals surface area contributed by atoms with Crippen LogP contribution in [0.25, 0.3) is 10.9 Å². The first-order valence-electron chi connectivity index (χ1n) is 19.8. The van der Waals surface area contributed by atoms with E-state index in [9.17, 15) is 14.7 Å². The lowest BCUT2D eigenvalue weighted by Gasteiger charge is -2.39. The number of phenolic OH excluding ortho intramolecular Hbond substituents is 1. The number of phenols is 1. The molecule has 10 heteroatoms. The van der Waals surface area contributed by atoms with E-state index in [4.69, 9.17) is 9.16 Å². The number of amides is 1. The molecule has 1 saturated heterocycles. The summed E-state index contributed by atoms with van der Waals surface area (Å²) in [7, 11) is -2.19. The van der Waals surface area contributed by atoms with Crippen molar-refractivity contribution in [2.24, 2.45) is 17.8 Å². The van der Waals surface area contributed by atoms with Crippen LogP contribution in [0.1, 0.15) is 82.1 Å². The van der Waals surface area contributed by atoms with Crippen molar-refractivity contribution in [1.82, 2.24) is 20.1 Å². The number of carbonyl (C=O) groups excluding carboxylic acids is 1. The molecule has 284 valence electrons. The molecule has 3 fully saturated rings. The Morgan fingerprint density at radius 3 is 2.40 bits per heavy atom. The maximum absolute atomic E-state index is 13.4. The van der Waals surface area contributed by atoms with Crippen LogP contribution in [0.2, 0.25) is 18.1 Å². The molecular formula is C42H62N4O5Si. The molecular weight excluding hydrogens is 669 g/mol. The second-order valence-electron chi connectivity index (χ2n) is 17.2. The van der Waals surface area contributed by atoms with Crippen LogP contribution in [-0.4, -0.2) is 86.6 Å². The molecule has 2 saturated carbocycles. The van der Waals surface area contributed by atoms with Crippen molar-refractivity contribution in [3.8, 4) is 5.75 Å². The molecule has 2 aliphatic carbocycles.